The largest absolute Gasteiger partial charge is 0.459 e. The second kappa shape index (κ2) is 7.23. The second-order valence-corrected chi connectivity index (χ2v) is 8.19. The minimum Gasteiger partial charge on any atom is -0.459 e. The molecule has 1 aliphatic heterocycles. The Morgan fingerprint density at radius 3 is 2.42 bits per heavy atom. The number of halogens is 2. The van der Waals surface area contributed by atoms with Gasteiger partial charge in [-0.25, -0.2) is 18.4 Å². The summed E-state index contributed by atoms with van der Waals surface area (Å²) in [5, 5.41) is 0.909. The fraction of sp³-hybridized carbons (Fsp3) is 0.333. The molecule has 1 saturated heterocycles. The molecule has 0 radical (unpaired) electrons. The van der Waals surface area contributed by atoms with E-state index in [1.165, 1.54) is 28.8 Å². The van der Waals surface area contributed by atoms with Gasteiger partial charge >= 0.3 is 6.01 Å². The zero-order valence-electron chi connectivity index (χ0n) is 12.6. The van der Waals surface area contributed by atoms with Crippen LogP contribution in [0.25, 0.3) is 0 Å². The van der Waals surface area contributed by atoms with E-state index in [4.69, 9.17) is 27.9 Å². The van der Waals surface area contributed by atoms with E-state index < -0.39 is 10.0 Å². The summed E-state index contributed by atoms with van der Waals surface area (Å²) in [7, 11) is -3.58. The molecule has 2 heterocycles. The van der Waals surface area contributed by atoms with Gasteiger partial charge in [-0.15, -0.1) is 0 Å². The number of nitrogens with zero attached hydrogens (tertiary/aromatic N) is 3. The molecule has 1 aromatic carbocycles. The van der Waals surface area contributed by atoms with Gasteiger partial charge in [0.1, 0.15) is 6.10 Å². The third-order valence-corrected chi connectivity index (χ3v) is 5.99. The summed E-state index contributed by atoms with van der Waals surface area (Å²) < 4.78 is 32.5. The van der Waals surface area contributed by atoms with Crippen molar-refractivity contribution in [1.29, 1.82) is 0 Å². The first-order valence-electron chi connectivity index (χ1n) is 7.35. The Bertz CT molecular complexity index is 798. The van der Waals surface area contributed by atoms with Crippen LogP contribution in [-0.2, 0) is 10.0 Å². The van der Waals surface area contributed by atoms with Crippen LogP contribution >= 0.6 is 23.2 Å². The SMILES string of the molecule is O=S(=O)(c1ccc(Cl)cc1)N1CCCC(Oc2ncc(Cl)cn2)C1. The Kier molecular flexibility index (Phi) is 5.24. The third kappa shape index (κ3) is 3.97. The molecule has 1 atom stereocenters. The maximum atomic E-state index is 12.7. The van der Waals surface area contributed by atoms with Gasteiger partial charge in [0, 0.05) is 11.6 Å². The second-order valence-electron chi connectivity index (χ2n) is 5.38. The molecule has 1 aromatic heterocycles. The van der Waals surface area contributed by atoms with Crippen molar-refractivity contribution in [2.75, 3.05) is 13.1 Å². The van der Waals surface area contributed by atoms with E-state index in [9.17, 15) is 8.42 Å². The zero-order valence-corrected chi connectivity index (χ0v) is 14.9. The molecule has 0 spiro atoms. The molecule has 0 N–H and O–H groups in total. The lowest BCUT2D eigenvalue weighted by atomic mass is 10.1. The van der Waals surface area contributed by atoms with Gasteiger partial charge in [0.05, 0.1) is 28.9 Å². The fourth-order valence-electron chi connectivity index (χ4n) is 2.49. The van der Waals surface area contributed by atoms with Crippen molar-refractivity contribution < 1.29 is 13.2 Å². The average molecular weight is 388 g/mol. The van der Waals surface area contributed by atoms with Crippen LogP contribution in [0.2, 0.25) is 10.0 Å². The number of aromatic nitrogens is 2. The van der Waals surface area contributed by atoms with Crippen LogP contribution in [0.3, 0.4) is 0 Å². The zero-order chi connectivity index (χ0) is 17.2. The quantitative estimate of drug-likeness (QED) is 0.805. The summed E-state index contributed by atoms with van der Waals surface area (Å²) in [6.45, 7) is 0.698. The van der Waals surface area contributed by atoms with E-state index in [2.05, 4.69) is 9.97 Å². The van der Waals surface area contributed by atoms with Gasteiger partial charge in [-0.3, -0.25) is 0 Å². The first-order chi connectivity index (χ1) is 11.4. The van der Waals surface area contributed by atoms with E-state index in [1.807, 2.05) is 0 Å². The first-order valence-corrected chi connectivity index (χ1v) is 9.55. The van der Waals surface area contributed by atoms with Crippen LogP contribution in [0.5, 0.6) is 6.01 Å². The summed E-state index contributed by atoms with van der Waals surface area (Å²) in [5.74, 6) is 0. The highest BCUT2D eigenvalue weighted by Gasteiger charge is 2.31. The molecule has 3 rings (SSSR count). The first kappa shape index (κ1) is 17.4. The molecule has 2 aromatic rings. The lowest BCUT2D eigenvalue weighted by molar-refractivity contribution is 0.119. The average Bonchev–Trinajstić information content (AvgIpc) is 2.58. The molecule has 1 unspecified atom stereocenters. The summed E-state index contributed by atoms with van der Waals surface area (Å²) in [5.41, 5.74) is 0. The predicted molar refractivity (Wildman–Crippen MR) is 90.9 cm³/mol. The molecule has 0 aliphatic carbocycles. The van der Waals surface area contributed by atoms with E-state index in [0.717, 1.165) is 6.42 Å². The van der Waals surface area contributed by atoms with Crippen molar-refractivity contribution >= 4 is 33.2 Å². The Morgan fingerprint density at radius 2 is 1.75 bits per heavy atom. The molecule has 24 heavy (non-hydrogen) atoms. The smallest absolute Gasteiger partial charge is 0.316 e. The molecule has 0 amide bonds. The molecule has 1 aliphatic rings. The highest BCUT2D eigenvalue weighted by molar-refractivity contribution is 7.89. The highest BCUT2D eigenvalue weighted by atomic mass is 35.5. The molecule has 6 nitrogen and oxygen atoms in total. The van der Waals surface area contributed by atoms with Crippen molar-refractivity contribution in [3.8, 4) is 6.01 Å². The molecule has 0 saturated carbocycles. The molecule has 0 bridgehead atoms. The Labute approximate surface area is 150 Å². The number of sulfonamides is 1. The van der Waals surface area contributed by atoms with Gasteiger partial charge in [-0.1, -0.05) is 23.2 Å². The Hall–Kier alpha value is -1.41. The van der Waals surface area contributed by atoms with Gasteiger partial charge < -0.3 is 4.74 Å². The van der Waals surface area contributed by atoms with Crippen LogP contribution < -0.4 is 4.74 Å². The number of benzene rings is 1. The number of rotatable bonds is 4. The standard InChI is InChI=1S/C15H15Cl2N3O3S/c16-11-3-5-14(6-4-11)24(21,22)20-7-1-2-13(10-20)23-15-18-8-12(17)9-19-15/h3-6,8-9,13H,1-2,7,10H2. The van der Waals surface area contributed by atoms with Gasteiger partial charge in [0.15, 0.2) is 0 Å². The molecule has 128 valence electrons. The fourth-order valence-corrected chi connectivity index (χ4v) is 4.22. The van der Waals surface area contributed by atoms with Crippen molar-refractivity contribution in [1.82, 2.24) is 14.3 Å². The third-order valence-electron chi connectivity index (χ3n) is 3.66. The van der Waals surface area contributed by atoms with Crippen LogP contribution in [-0.4, -0.2) is 41.9 Å². The van der Waals surface area contributed by atoms with Gasteiger partial charge in [-0.05, 0) is 37.1 Å². The Morgan fingerprint density at radius 1 is 1.08 bits per heavy atom. The summed E-state index contributed by atoms with van der Waals surface area (Å²) in [4.78, 5) is 8.18. The van der Waals surface area contributed by atoms with Crippen LogP contribution in [0.15, 0.2) is 41.6 Å². The monoisotopic (exact) mass is 387 g/mol. The van der Waals surface area contributed by atoms with Crippen molar-refractivity contribution in [2.45, 2.75) is 23.8 Å². The van der Waals surface area contributed by atoms with E-state index >= 15 is 0 Å². The maximum Gasteiger partial charge on any atom is 0.316 e. The topological polar surface area (TPSA) is 72.4 Å². The highest BCUT2D eigenvalue weighted by Crippen LogP contribution is 2.23. The lowest BCUT2D eigenvalue weighted by Gasteiger charge is -2.31. The van der Waals surface area contributed by atoms with Gasteiger partial charge in [0.25, 0.3) is 0 Å². The van der Waals surface area contributed by atoms with Crippen molar-refractivity contribution in [3.63, 3.8) is 0 Å². The molecular weight excluding hydrogens is 373 g/mol. The van der Waals surface area contributed by atoms with E-state index in [1.54, 1.807) is 12.1 Å². The molecule has 1 fully saturated rings. The summed E-state index contributed by atoms with van der Waals surface area (Å²) in [6, 6.07) is 6.33. The van der Waals surface area contributed by atoms with E-state index in [0.29, 0.717) is 23.0 Å². The lowest BCUT2D eigenvalue weighted by Crippen LogP contribution is -2.44. The number of ether oxygens (including phenoxy) is 1. The number of hydrogen-bond donors (Lipinski definition) is 0. The minimum absolute atomic E-state index is 0.190. The maximum absolute atomic E-state index is 12.7. The van der Waals surface area contributed by atoms with Crippen LogP contribution in [0.4, 0.5) is 0 Å². The van der Waals surface area contributed by atoms with Gasteiger partial charge in [0.2, 0.25) is 10.0 Å². The summed E-state index contributed by atoms with van der Waals surface area (Å²) in [6.07, 6.45) is 4.01. The minimum atomic E-state index is -3.58. The predicted octanol–water partition coefficient (Wildman–Crippen LogP) is 3.02. The summed E-state index contributed by atoms with van der Waals surface area (Å²) >= 11 is 11.6. The number of hydrogen-bond acceptors (Lipinski definition) is 5. The normalized spacial score (nSPS) is 19.2. The van der Waals surface area contributed by atoms with Crippen LogP contribution in [0, 0.1) is 0 Å². The van der Waals surface area contributed by atoms with Crippen LogP contribution in [0.1, 0.15) is 12.8 Å². The number of piperidine rings is 1. The molecular formula is C15H15Cl2N3O3S. The Balaban J connectivity index is 1.72. The molecule has 9 heteroatoms. The van der Waals surface area contributed by atoms with E-state index in [-0.39, 0.29) is 23.6 Å². The van der Waals surface area contributed by atoms with Crippen molar-refractivity contribution in [2.24, 2.45) is 0 Å². The van der Waals surface area contributed by atoms with Crippen molar-refractivity contribution in [3.05, 3.63) is 46.7 Å². The van der Waals surface area contributed by atoms with Gasteiger partial charge in [-0.2, -0.15) is 4.31 Å².